The van der Waals surface area contributed by atoms with Crippen molar-refractivity contribution in [3.05, 3.63) is 29.8 Å². The molecule has 0 radical (unpaired) electrons. The maximum atomic E-state index is 3.36. The quantitative estimate of drug-likeness (QED) is 0.696. The Hall–Kier alpha value is -0.980. The Morgan fingerprint density at radius 1 is 1.27 bits per heavy atom. The summed E-state index contributed by atoms with van der Waals surface area (Å²) in [4.78, 5) is 0. The van der Waals surface area contributed by atoms with E-state index in [9.17, 15) is 0 Å². The molecular formula is C10H15N. The highest BCUT2D eigenvalue weighted by Gasteiger charge is 1.92. The topological polar surface area (TPSA) is 12.0 Å². The molecule has 11 heavy (non-hydrogen) atoms. The zero-order valence-electron chi connectivity index (χ0n) is 7.22. The summed E-state index contributed by atoms with van der Waals surface area (Å²) in [5.41, 5.74) is 2.58. The first-order chi connectivity index (χ1) is 5.34. The minimum Gasteiger partial charge on any atom is -0.385 e. The molecule has 1 aromatic carbocycles. The van der Waals surface area contributed by atoms with Gasteiger partial charge in [0, 0.05) is 12.2 Å². The summed E-state index contributed by atoms with van der Waals surface area (Å²) in [6, 6.07) is 8.36. The van der Waals surface area contributed by atoms with E-state index in [-0.39, 0.29) is 0 Å². The third-order valence-electron chi connectivity index (χ3n) is 1.71. The molecule has 0 fully saturated rings. The van der Waals surface area contributed by atoms with Gasteiger partial charge in [0.2, 0.25) is 0 Å². The monoisotopic (exact) mass is 149 g/mol. The number of rotatable bonds is 3. The number of aryl methyl sites for hydroxylation is 1. The molecule has 1 N–H and O–H groups in total. The van der Waals surface area contributed by atoms with Crippen LogP contribution in [0.3, 0.4) is 0 Å². The van der Waals surface area contributed by atoms with Crippen molar-refractivity contribution in [1.82, 2.24) is 0 Å². The van der Waals surface area contributed by atoms with Gasteiger partial charge in [-0.15, -0.1) is 0 Å². The van der Waals surface area contributed by atoms with Crippen LogP contribution in [0, 0.1) is 6.92 Å². The molecule has 1 heteroatoms. The van der Waals surface area contributed by atoms with Crippen molar-refractivity contribution in [3.8, 4) is 0 Å². The molecule has 0 heterocycles. The zero-order valence-corrected chi connectivity index (χ0v) is 7.22. The van der Waals surface area contributed by atoms with Crippen LogP contribution in [-0.4, -0.2) is 6.54 Å². The van der Waals surface area contributed by atoms with Gasteiger partial charge in [-0.1, -0.05) is 25.1 Å². The van der Waals surface area contributed by atoms with E-state index in [0.717, 1.165) is 6.54 Å². The first kappa shape index (κ1) is 8.12. The summed E-state index contributed by atoms with van der Waals surface area (Å²) >= 11 is 0. The number of hydrogen-bond acceptors (Lipinski definition) is 1. The van der Waals surface area contributed by atoms with E-state index in [1.54, 1.807) is 0 Å². The van der Waals surface area contributed by atoms with Gasteiger partial charge in [-0.3, -0.25) is 0 Å². The van der Waals surface area contributed by atoms with Crippen LogP contribution >= 0.6 is 0 Å². The van der Waals surface area contributed by atoms with Crippen molar-refractivity contribution in [2.24, 2.45) is 0 Å². The van der Waals surface area contributed by atoms with E-state index in [0.29, 0.717) is 0 Å². The van der Waals surface area contributed by atoms with E-state index >= 15 is 0 Å². The molecule has 0 bridgehead atoms. The molecule has 0 amide bonds. The van der Waals surface area contributed by atoms with Crippen LogP contribution in [0.2, 0.25) is 0 Å². The fraction of sp³-hybridized carbons (Fsp3) is 0.400. The fourth-order valence-corrected chi connectivity index (χ4v) is 1.03. The Labute approximate surface area is 68.4 Å². The number of para-hydroxylation sites is 1. The average molecular weight is 149 g/mol. The second kappa shape index (κ2) is 4.02. The van der Waals surface area contributed by atoms with Gasteiger partial charge in [-0.05, 0) is 25.0 Å². The number of anilines is 1. The zero-order chi connectivity index (χ0) is 8.10. The SMILES string of the molecule is CCCNc1ccccc1C. The largest absolute Gasteiger partial charge is 0.385 e. The molecule has 0 aliphatic heterocycles. The standard InChI is InChI=1S/C10H15N/c1-3-8-11-10-7-5-4-6-9(10)2/h4-7,11H,3,8H2,1-2H3. The minimum absolute atomic E-state index is 1.06. The Bertz CT molecular complexity index is 218. The first-order valence-corrected chi connectivity index (χ1v) is 4.14. The first-order valence-electron chi connectivity index (χ1n) is 4.14. The van der Waals surface area contributed by atoms with Crippen LogP contribution in [0.5, 0.6) is 0 Å². The summed E-state index contributed by atoms with van der Waals surface area (Å²) in [5, 5.41) is 3.36. The van der Waals surface area contributed by atoms with Crippen LogP contribution in [-0.2, 0) is 0 Å². The molecule has 60 valence electrons. The van der Waals surface area contributed by atoms with Crippen LogP contribution in [0.1, 0.15) is 18.9 Å². The van der Waals surface area contributed by atoms with E-state index < -0.39 is 0 Å². The summed E-state index contributed by atoms with van der Waals surface area (Å²) < 4.78 is 0. The minimum atomic E-state index is 1.06. The molecule has 0 saturated carbocycles. The Kier molecular flexibility index (Phi) is 2.96. The van der Waals surface area contributed by atoms with Gasteiger partial charge in [0.25, 0.3) is 0 Å². The van der Waals surface area contributed by atoms with Crippen molar-refractivity contribution >= 4 is 5.69 Å². The highest BCUT2D eigenvalue weighted by molar-refractivity contribution is 5.49. The lowest BCUT2D eigenvalue weighted by atomic mass is 10.2. The highest BCUT2D eigenvalue weighted by atomic mass is 14.9. The molecule has 0 unspecified atom stereocenters. The van der Waals surface area contributed by atoms with Crippen molar-refractivity contribution in [3.63, 3.8) is 0 Å². The number of nitrogens with one attached hydrogen (secondary N) is 1. The number of benzene rings is 1. The van der Waals surface area contributed by atoms with Crippen LogP contribution in [0.15, 0.2) is 24.3 Å². The Morgan fingerprint density at radius 3 is 2.64 bits per heavy atom. The molecule has 0 saturated heterocycles. The summed E-state index contributed by atoms with van der Waals surface area (Å²) in [7, 11) is 0. The Balaban J connectivity index is 2.62. The van der Waals surface area contributed by atoms with Crippen LogP contribution in [0.25, 0.3) is 0 Å². The van der Waals surface area contributed by atoms with Gasteiger partial charge in [0.05, 0.1) is 0 Å². The predicted molar refractivity (Wildman–Crippen MR) is 50.0 cm³/mol. The maximum absolute atomic E-state index is 3.36. The summed E-state index contributed by atoms with van der Waals surface area (Å²) in [6.45, 7) is 5.36. The maximum Gasteiger partial charge on any atom is 0.0369 e. The van der Waals surface area contributed by atoms with E-state index in [1.807, 2.05) is 0 Å². The number of hydrogen-bond donors (Lipinski definition) is 1. The van der Waals surface area contributed by atoms with Gasteiger partial charge >= 0.3 is 0 Å². The van der Waals surface area contributed by atoms with E-state index in [4.69, 9.17) is 0 Å². The molecule has 1 nitrogen and oxygen atoms in total. The molecule has 0 aliphatic carbocycles. The third kappa shape index (κ3) is 2.26. The average Bonchev–Trinajstić information content (AvgIpc) is 2.03. The lowest BCUT2D eigenvalue weighted by Gasteiger charge is -2.06. The molecule has 1 rings (SSSR count). The summed E-state index contributed by atoms with van der Waals surface area (Å²) in [5.74, 6) is 0. The predicted octanol–water partition coefficient (Wildman–Crippen LogP) is 2.82. The fourth-order valence-electron chi connectivity index (χ4n) is 1.03. The van der Waals surface area contributed by atoms with Crippen molar-refractivity contribution in [2.45, 2.75) is 20.3 Å². The molecular weight excluding hydrogens is 134 g/mol. The van der Waals surface area contributed by atoms with Gasteiger partial charge in [0.1, 0.15) is 0 Å². The molecule has 0 atom stereocenters. The smallest absolute Gasteiger partial charge is 0.0369 e. The van der Waals surface area contributed by atoms with Crippen molar-refractivity contribution < 1.29 is 0 Å². The normalized spacial score (nSPS) is 9.64. The van der Waals surface area contributed by atoms with Gasteiger partial charge in [-0.2, -0.15) is 0 Å². The summed E-state index contributed by atoms with van der Waals surface area (Å²) in [6.07, 6.45) is 1.17. The Morgan fingerprint density at radius 2 is 2.00 bits per heavy atom. The van der Waals surface area contributed by atoms with E-state index in [2.05, 4.69) is 43.4 Å². The van der Waals surface area contributed by atoms with Gasteiger partial charge < -0.3 is 5.32 Å². The molecule has 1 aromatic rings. The highest BCUT2D eigenvalue weighted by Crippen LogP contribution is 2.12. The van der Waals surface area contributed by atoms with Crippen LogP contribution in [0.4, 0.5) is 5.69 Å². The van der Waals surface area contributed by atoms with Crippen LogP contribution < -0.4 is 5.32 Å². The van der Waals surface area contributed by atoms with E-state index in [1.165, 1.54) is 17.7 Å². The molecule has 0 aromatic heterocycles. The van der Waals surface area contributed by atoms with Crippen molar-refractivity contribution in [1.29, 1.82) is 0 Å². The second-order valence-electron chi connectivity index (χ2n) is 2.74. The van der Waals surface area contributed by atoms with Crippen molar-refractivity contribution in [2.75, 3.05) is 11.9 Å². The third-order valence-corrected chi connectivity index (χ3v) is 1.71. The lowest BCUT2D eigenvalue weighted by molar-refractivity contribution is 0.977. The lowest BCUT2D eigenvalue weighted by Crippen LogP contribution is -2.00. The second-order valence-corrected chi connectivity index (χ2v) is 2.74. The van der Waals surface area contributed by atoms with Gasteiger partial charge in [0.15, 0.2) is 0 Å². The van der Waals surface area contributed by atoms with Gasteiger partial charge in [-0.25, -0.2) is 0 Å². The molecule has 0 spiro atoms. The molecule has 0 aliphatic rings.